The molecule has 0 amide bonds. The maximum atomic E-state index is 5.92. The van der Waals surface area contributed by atoms with Crippen LogP contribution in [0.5, 0.6) is 5.75 Å². The van der Waals surface area contributed by atoms with E-state index in [1.165, 1.54) is 0 Å². The largest absolute Gasteiger partial charge is 0.491 e. The van der Waals surface area contributed by atoms with Gasteiger partial charge in [-0.15, -0.1) is 0 Å². The molecular weight excluding hydrogens is 224 g/mol. The predicted molar refractivity (Wildman–Crippen MR) is 65.3 cm³/mol. The summed E-state index contributed by atoms with van der Waals surface area (Å²) >= 11 is 5.92. The zero-order valence-electron chi connectivity index (χ0n) is 9.70. The van der Waals surface area contributed by atoms with Crippen LogP contribution in [0, 0.1) is 6.92 Å². The summed E-state index contributed by atoms with van der Waals surface area (Å²) in [5.74, 6) is 0.857. The molecule has 1 aromatic carbocycles. The molecule has 0 spiro atoms. The molecule has 2 unspecified atom stereocenters. The third-order valence-corrected chi connectivity index (χ3v) is 3.13. The van der Waals surface area contributed by atoms with Crippen LogP contribution in [-0.4, -0.2) is 18.8 Å². The van der Waals surface area contributed by atoms with E-state index in [0.717, 1.165) is 24.2 Å². The Kier molecular flexibility index (Phi) is 3.72. The van der Waals surface area contributed by atoms with Crippen molar-refractivity contribution < 1.29 is 9.47 Å². The molecule has 0 bridgehead atoms. The molecule has 16 heavy (non-hydrogen) atoms. The highest BCUT2D eigenvalue weighted by atomic mass is 35.5. The zero-order valence-corrected chi connectivity index (χ0v) is 10.5. The molecule has 1 fully saturated rings. The molecule has 2 nitrogen and oxygen atoms in total. The van der Waals surface area contributed by atoms with E-state index < -0.39 is 0 Å². The zero-order chi connectivity index (χ0) is 11.5. The van der Waals surface area contributed by atoms with Crippen molar-refractivity contribution in [3.63, 3.8) is 0 Å². The van der Waals surface area contributed by atoms with Crippen LogP contribution in [0.15, 0.2) is 18.2 Å². The van der Waals surface area contributed by atoms with Gasteiger partial charge in [-0.1, -0.05) is 17.7 Å². The number of hydrogen-bond donors (Lipinski definition) is 0. The van der Waals surface area contributed by atoms with Crippen LogP contribution in [0.25, 0.3) is 0 Å². The lowest BCUT2D eigenvalue weighted by molar-refractivity contribution is 0.0263. The summed E-state index contributed by atoms with van der Waals surface area (Å²) in [6.45, 7) is 4.74. The molecule has 0 aliphatic carbocycles. The summed E-state index contributed by atoms with van der Waals surface area (Å²) in [5, 5.41) is 0.710. The Labute approximate surface area is 102 Å². The molecule has 1 saturated heterocycles. The smallest absolute Gasteiger partial charge is 0.123 e. The number of aryl methyl sites for hydroxylation is 1. The van der Waals surface area contributed by atoms with Gasteiger partial charge in [-0.25, -0.2) is 0 Å². The fourth-order valence-corrected chi connectivity index (χ4v) is 2.08. The number of rotatable bonds is 3. The quantitative estimate of drug-likeness (QED) is 0.804. The van der Waals surface area contributed by atoms with Gasteiger partial charge < -0.3 is 9.47 Å². The van der Waals surface area contributed by atoms with E-state index >= 15 is 0 Å². The number of benzene rings is 1. The highest BCUT2D eigenvalue weighted by molar-refractivity contribution is 6.30. The van der Waals surface area contributed by atoms with E-state index in [2.05, 4.69) is 6.92 Å². The van der Waals surface area contributed by atoms with Crippen LogP contribution in [-0.2, 0) is 4.74 Å². The molecule has 1 aliphatic heterocycles. The van der Waals surface area contributed by atoms with Crippen LogP contribution in [0.3, 0.4) is 0 Å². The fourth-order valence-electron chi connectivity index (χ4n) is 1.92. The molecule has 2 atom stereocenters. The van der Waals surface area contributed by atoms with Gasteiger partial charge in [0.05, 0.1) is 12.2 Å². The molecular formula is C13H17ClO2. The Morgan fingerprint density at radius 1 is 1.44 bits per heavy atom. The van der Waals surface area contributed by atoms with E-state index in [1.807, 2.05) is 25.1 Å². The Bertz CT molecular complexity index is 365. The van der Waals surface area contributed by atoms with Crippen molar-refractivity contribution in [3.05, 3.63) is 28.8 Å². The van der Waals surface area contributed by atoms with Crippen molar-refractivity contribution in [2.45, 2.75) is 38.9 Å². The number of halogens is 1. The van der Waals surface area contributed by atoms with E-state index in [4.69, 9.17) is 21.1 Å². The van der Waals surface area contributed by atoms with Crippen LogP contribution < -0.4 is 4.74 Å². The monoisotopic (exact) mass is 240 g/mol. The first-order chi connectivity index (χ1) is 7.65. The molecule has 0 saturated carbocycles. The molecule has 0 aromatic heterocycles. The summed E-state index contributed by atoms with van der Waals surface area (Å²) in [6, 6.07) is 5.70. The van der Waals surface area contributed by atoms with Gasteiger partial charge in [0, 0.05) is 5.02 Å². The van der Waals surface area contributed by atoms with Crippen molar-refractivity contribution in [2.75, 3.05) is 6.61 Å². The predicted octanol–water partition coefficient (Wildman–Crippen LogP) is 3.59. The van der Waals surface area contributed by atoms with Crippen LogP contribution in [0.2, 0.25) is 5.02 Å². The summed E-state index contributed by atoms with van der Waals surface area (Å²) in [6.07, 6.45) is 2.81. The number of hydrogen-bond acceptors (Lipinski definition) is 2. The first kappa shape index (κ1) is 11.7. The van der Waals surface area contributed by atoms with Crippen LogP contribution in [0.1, 0.15) is 25.3 Å². The van der Waals surface area contributed by atoms with Crippen molar-refractivity contribution in [2.24, 2.45) is 0 Å². The van der Waals surface area contributed by atoms with E-state index in [1.54, 1.807) is 0 Å². The Balaban J connectivity index is 1.91. The van der Waals surface area contributed by atoms with Crippen molar-refractivity contribution in [1.29, 1.82) is 0 Å². The minimum atomic E-state index is 0.230. The average Bonchev–Trinajstić information content (AvgIpc) is 2.66. The maximum absolute atomic E-state index is 5.92. The van der Waals surface area contributed by atoms with Gasteiger partial charge in [-0.2, -0.15) is 0 Å². The van der Waals surface area contributed by atoms with Crippen molar-refractivity contribution in [1.82, 2.24) is 0 Å². The molecule has 2 rings (SSSR count). The highest BCUT2D eigenvalue weighted by Gasteiger charge is 2.22. The number of ether oxygens (including phenoxy) is 2. The van der Waals surface area contributed by atoms with Crippen molar-refractivity contribution in [3.8, 4) is 5.75 Å². The topological polar surface area (TPSA) is 18.5 Å². The van der Waals surface area contributed by atoms with Crippen LogP contribution in [0.4, 0.5) is 0 Å². The second kappa shape index (κ2) is 5.07. The lowest BCUT2D eigenvalue weighted by Crippen LogP contribution is -2.18. The minimum absolute atomic E-state index is 0.230. The Morgan fingerprint density at radius 2 is 2.25 bits per heavy atom. The molecule has 3 heteroatoms. The molecule has 1 heterocycles. The standard InChI is InChI=1S/C13H17ClO2/c1-9-3-5-11(14)7-13(9)15-8-12-6-4-10(2)16-12/h3,5,7,10,12H,4,6,8H2,1-2H3. The summed E-state index contributed by atoms with van der Waals surface area (Å²) < 4.78 is 11.4. The van der Waals surface area contributed by atoms with Gasteiger partial charge in [0.2, 0.25) is 0 Å². The van der Waals surface area contributed by atoms with Gasteiger partial charge >= 0.3 is 0 Å². The van der Waals surface area contributed by atoms with Gasteiger partial charge in [-0.3, -0.25) is 0 Å². The van der Waals surface area contributed by atoms with Gasteiger partial charge in [0.25, 0.3) is 0 Å². The van der Waals surface area contributed by atoms with Gasteiger partial charge in [0.1, 0.15) is 12.4 Å². The first-order valence-corrected chi connectivity index (χ1v) is 6.07. The highest BCUT2D eigenvalue weighted by Crippen LogP contribution is 2.25. The maximum Gasteiger partial charge on any atom is 0.123 e. The fraction of sp³-hybridized carbons (Fsp3) is 0.538. The summed E-state index contributed by atoms with van der Waals surface area (Å²) in [5.41, 5.74) is 1.11. The minimum Gasteiger partial charge on any atom is -0.491 e. The van der Waals surface area contributed by atoms with Gasteiger partial charge in [0.15, 0.2) is 0 Å². The van der Waals surface area contributed by atoms with E-state index in [0.29, 0.717) is 17.7 Å². The Hall–Kier alpha value is -0.730. The van der Waals surface area contributed by atoms with Crippen molar-refractivity contribution >= 4 is 11.6 Å². The second-order valence-corrected chi connectivity index (χ2v) is 4.80. The average molecular weight is 241 g/mol. The molecule has 0 N–H and O–H groups in total. The lowest BCUT2D eigenvalue weighted by Gasteiger charge is -2.14. The second-order valence-electron chi connectivity index (χ2n) is 4.37. The van der Waals surface area contributed by atoms with Gasteiger partial charge in [-0.05, 0) is 44.4 Å². The summed E-state index contributed by atoms with van der Waals surface area (Å²) in [7, 11) is 0. The summed E-state index contributed by atoms with van der Waals surface area (Å²) in [4.78, 5) is 0. The normalized spacial score (nSPS) is 24.7. The Morgan fingerprint density at radius 3 is 2.94 bits per heavy atom. The molecule has 88 valence electrons. The molecule has 1 aromatic rings. The van der Waals surface area contributed by atoms with E-state index in [9.17, 15) is 0 Å². The molecule has 0 radical (unpaired) electrons. The molecule has 1 aliphatic rings. The third-order valence-electron chi connectivity index (χ3n) is 2.89. The third kappa shape index (κ3) is 2.89. The first-order valence-electron chi connectivity index (χ1n) is 5.69. The van der Waals surface area contributed by atoms with E-state index in [-0.39, 0.29) is 6.10 Å². The lowest BCUT2D eigenvalue weighted by atomic mass is 10.2. The van der Waals surface area contributed by atoms with Crippen LogP contribution >= 0.6 is 11.6 Å². The SMILES string of the molecule is Cc1ccc(Cl)cc1OCC1CCC(C)O1.